The molecule has 0 radical (unpaired) electrons. The van der Waals surface area contributed by atoms with Gasteiger partial charge in [-0.3, -0.25) is 19.2 Å². The monoisotopic (exact) mass is 758 g/mol. The van der Waals surface area contributed by atoms with E-state index >= 15 is 0 Å². The summed E-state index contributed by atoms with van der Waals surface area (Å²) in [6.45, 7) is 8.37. The Kier molecular flexibility index (Phi) is 22.0. The van der Waals surface area contributed by atoms with Crippen molar-refractivity contribution in [2.24, 2.45) is 5.73 Å². The lowest BCUT2D eigenvalue weighted by Crippen LogP contribution is -2.27. The Balaban J connectivity index is 0.000000633. The standard InChI is InChI=1S/C29H38N4O7.C10H21NO3/c1-3-26(34)32-19-8-10-21-22-11-9-20(17-24(22)25(23(21)16-19)18-40-29(30)37)33-28(36)7-4-6-27(35)31-12-15-39-14-5-13-38-2;1-3-5-10(12)11-6-9-14-8-4-7-13-2/h8-11,16-17,25H,3-7,12-15,18H2,1-2H3,(H2,30,37)(H,31,35)(H,32,34)(H,33,36);3-9H2,1-2H3,(H,11,12)/i/hD. The van der Waals surface area contributed by atoms with Gasteiger partial charge in [0.1, 0.15) is 6.61 Å². The maximum absolute atomic E-state index is 12.6. The van der Waals surface area contributed by atoms with Crippen molar-refractivity contribution in [1.82, 2.24) is 10.6 Å². The lowest BCUT2D eigenvalue weighted by Gasteiger charge is -2.15. The fraction of sp³-hybridized carbons (Fsp3) is 0.564. The number of nitrogens with two attached hydrogens (primary N) is 1. The van der Waals surface area contributed by atoms with Crippen LogP contribution in [0.1, 0.15) is 82.3 Å². The molecule has 1 aliphatic rings. The van der Waals surface area contributed by atoms with E-state index in [4.69, 9.17) is 25.1 Å². The smallest absolute Gasteiger partial charge is 0.404 e. The summed E-state index contributed by atoms with van der Waals surface area (Å²) < 4.78 is 32.7. The first-order valence-electron chi connectivity index (χ1n) is 19.1. The average molecular weight is 759 g/mol. The third-order valence-corrected chi connectivity index (χ3v) is 8.11. The van der Waals surface area contributed by atoms with Gasteiger partial charge in [-0.25, -0.2) is 4.79 Å². The number of anilines is 2. The zero-order valence-electron chi connectivity index (χ0n) is 33.1. The maximum Gasteiger partial charge on any atom is 0.404 e. The number of ether oxygens (including phenoxy) is 5. The summed E-state index contributed by atoms with van der Waals surface area (Å²) >= 11 is 0. The molecule has 0 aliphatic heterocycles. The van der Waals surface area contributed by atoms with E-state index in [0.717, 1.165) is 48.1 Å². The van der Waals surface area contributed by atoms with Crippen molar-refractivity contribution < 1.29 is 49.1 Å². The number of hydrogen-bond donors (Lipinski definition) is 5. The first kappa shape index (κ1) is 43.8. The van der Waals surface area contributed by atoms with E-state index in [1.807, 2.05) is 37.3 Å². The molecule has 2 aromatic rings. The molecule has 0 spiro atoms. The highest BCUT2D eigenvalue weighted by atomic mass is 16.5. The summed E-state index contributed by atoms with van der Waals surface area (Å²) in [5.41, 5.74) is 6.47. The molecular weight excluding hydrogens is 698 g/mol. The molecule has 0 fully saturated rings. The Morgan fingerprint density at radius 1 is 0.667 bits per heavy atom. The minimum Gasteiger partial charge on any atom is -0.449 e. The van der Waals surface area contributed by atoms with Crippen LogP contribution in [0.5, 0.6) is 0 Å². The van der Waals surface area contributed by atoms with Crippen LogP contribution in [0.25, 0.3) is 11.1 Å². The normalized spacial score (nSPS) is 12.6. The van der Waals surface area contributed by atoms with Crippen LogP contribution in [0.3, 0.4) is 0 Å². The molecule has 0 aromatic heterocycles. The SMILES string of the molecule is CCCC(=O)NCCOCCCOC.[2H]NC(=O)OCC1c2cc(NC(=O)CC)ccc2-c2ccc(NC(=O)CCCC(=O)NCCOCCCOC)cc21. The van der Waals surface area contributed by atoms with Crippen molar-refractivity contribution in [2.75, 3.05) is 84.2 Å². The predicted molar refractivity (Wildman–Crippen MR) is 206 cm³/mol. The van der Waals surface area contributed by atoms with Crippen LogP contribution >= 0.6 is 0 Å². The number of hydrogen-bond acceptors (Lipinski definition) is 10. The number of primary amides is 1. The average Bonchev–Trinajstić information content (AvgIpc) is 3.48. The van der Waals surface area contributed by atoms with Gasteiger partial charge in [-0.1, -0.05) is 26.0 Å². The summed E-state index contributed by atoms with van der Waals surface area (Å²) in [4.78, 5) is 59.2. The number of carbonyl (C=O) groups is 5. The van der Waals surface area contributed by atoms with Crippen molar-refractivity contribution in [1.29, 1.82) is 0 Å². The Morgan fingerprint density at radius 2 is 1.19 bits per heavy atom. The van der Waals surface area contributed by atoms with Crippen LogP contribution in [0.15, 0.2) is 36.4 Å². The second-order valence-electron chi connectivity index (χ2n) is 12.4. The molecule has 0 saturated heterocycles. The molecule has 300 valence electrons. The highest BCUT2D eigenvalue weighted by Crippen LogP contribution is 2.46. The fourth-order valence-corrected chi connectivity index (χ4v) is 5.48. The molecule has 1 atom stereocenters. The Labute approximate surface area is 320 Å². The van der Waals surface area contributed by atoms with Crippen LogP contribution in [0.2, 0.25) is 1.41 Å². The summed E-state index contributed by atoms with van der Waals surface area (Å²) in [7, 11) is 3.31. The third-order valence-electron chi connectivity index (χ3n) is 8.11. The first-order valence-corrected chi connectivity index (χ1v) is 18.6. The van der Waals surface area contributed by atoms with Crippen LogP contribution < -0.4 is 27.0 Å². The van der Waals surface area contributed by atoms with E-state index in [2.05, 4.69) is 21.3 Å². The molecule has 5 amide bonds. The minimum absolute atomic E-state index is 0.0272. The van der Waals surface area contributed by atoms with Gasteiger partial charge in [-0.15, -0.1) is 0 Å². The number of nitrogens with one attached hydrogen (secondary N) is 4. The lowest BCUT2D eigenvalue weighted by atomic mass is 9.97. The number of amides is 5. The van der Waals surface area contributed by atoms with Gasteiger partial charge >= 0.3 is 6.09 Å². The summed E-state index contributed by atoms with van der Waals surface area (Å²) in [5.74, 6) is -0.733. The highest BCUT2D eigenvalue weighted by molar-refractivity contribution is 5.94. The molecular formula is C39H59N5O10. The first-order chi connectivity index (χ1) is 26.7. The van der Waals surface area contributed by atoms with Crippen molar-refractivity contribution >= 4 is 41.1 Å². The van der Waals surface area contributed by atoms with E-state index in [-0.39, 0.29) is 49.0 Å². The maximum atomic E-state index is 12.6. The Bertz CT molecular complexity index is 1490. The van der Waals surface area contributed by atoms with Gasteiger partial charge < -0.3 is 50.7 Å². The molecule has 15 heteroatoms. The van der Waals surface area contributed by atoms with Gasteiger partial charge in [0, 0.05) is 96.7 Å². The van der Waals surface area contributed by atoms with Gasteiger partial charge in [0.25, 0.3) is 0 Å². The molecule has 1 unspecified atom stereocenters. The van der Waals surface area contributed by atoms with Crippen molar-refractivity contribution in [3.8, 4) is 11.1 Å². The van der Waals surface area contributed by atoms with Gasteiger partial charge in [0.2, 0.25) is 23.6 Å². The number of rotatable bonds is 25. The zero-order valence-corrected chi connectivity index (χ0v) is 32.1. The summed E-state index contributed by atoms with van der Waals surface area (Å²) in [6.07, 6.45) is 3.45. The minimum atomic E-state index is -0.876. The Hall–Kier alpha value is -4.57. The molecule has 3 rings (SSSR count). The van der Waals surface area contributed by atoms with Crippen LogP contribution in [-0.2, 0) is 42.9 Å². The second-order valence-corrected chi connectivity index (χ2v) is 12.4. The van der Waals surface area contributed by atoms with Crippen molar-refractivity contribution in [3.63, 3.8) is 0 Å². The van der Waals surface area contributed by atoms with E-state index in [0.29, 0.717) is 76.8 Å². The van der Waals surface area contributed by atoms with E-state index < -0.39 is 6.09 Å². The van der Waals surface area contributed by atoms with Crippen LogP contribution in [0, 0.1) is 0 Å². The quantitative estimate of drug-likeness (QED) is 0.0898. The number of fused-ring (bicyclic) bond motifs is 3. The highest BCUT2D eigenvalue weighted by Gasteiger charge is 2.30. The number of methoxy groups -OCH3 is 2. The van der Waals surface area contributed by atoms with E-state index in [1.54, 1.807) is 32.9 Å². The summed E-state index contributed by atoms with van der Waals surface area (Å²) in [6, 6.07) is 11.1. The topological polar surface area (TPSA) is 206 Å². The molecule has 1 aliphatic carbocycles. The van der Waals surface area contributed by atoms with Gasteiger partial charge in [-0.2, -0.15) is 0 Å². The predicted octanol–water partition coefficient (Wildman–Crippen LogP) is 4.48. The molecule has 0 saturated carbocycles. The van der Waals surface area contributed by atoms with Crippen molar-refractivity contribution in [2.45, 2.75) is 71.1 Å². The summed E-state index contributed by atoms with van der Waals surface area (Å²) in [5, 5.41) is 11.3. The lowest BCUT2D eigenvalue weighted by molar-refractivity contribution is -0.122. The fourth-order valence-electron chi connectivity index (χ4n) is 5.48. The zero-order chi connectivity index (χ0) is 40.3. The van der Waals surface area contributed by atoms with Crippen molar-refractivity contribution in [3.05, 3.63) is 47.5 Å². The number of benzene rings is 2. The second kappa shape index (κ2) is 27.1. The molecule has 0 bridgehead atoms. The Morgan fingerprint density at radius 3 is 1.69 bits per heavy atom. The molecule has 6 N–H and O–H groups in total. The van der Waals surface area contributed by atoms with Crippen LogP contribution in [0.4, 0.5) is 16.2 Å². The van der Waals surface area contributed by atoms with Gasteiger partial charge in [0.15, 0.2) is 1.41 Å². The molecule has 2 aromatic carbocycles. The van der Waals surface area contributed by atoms with Gasteiger partial charge in [0.05, 0.1) is 13.2 Å². The molecule has 0 heterocycles. The molecule has 54 heavy (non-hydrogen) atoms. The van der Waals surface area contributed by atoms with E-state index in [9.17, 15) is 24.0 Å². The largest absolute Gasteiger partial charge is 0.449 e. The van der Waals surface area contributed by atoms with Gasteiger partial charge in [-0.05, 0) is 72.2 Å². The third kappa shape index (κ3) is 18.0. The van der Waals surface area contributed by atoms with E-state index in [1.165, 1.54) is 0 Å². The van der Waals surface area contributed by atoms with Crippen LogP contribution in [-0.4, -0.2) is 103 Å². The molecule has 15 nitrogen and oxygen atoms in total. The number of carbonyl (C=O) groups excluding carboxylic acids is 5.